The minimum atomic E-state index is -0.318. The van der Waals surface area contributed by atoms with Crippen LogP contribution in [-0.4, -0.2) is 0 Å². The Balaban J connectivity index is 2.35. The van der Waals surface area contributed by atoms with Crippen LogP contribution in [0.25, 0.3) is 0 Å². The third-order valence-electron chi connectivity index (χ3n) is 2.56. The summed E-state index contributed by atoms with van der Waals surface area (Å²) in [6.45, 7) is 0. The molecule has 3 heteroatoms. The van der Waals surface area contributed by atoms with E-state index in [1.807, 2.05) is 18.2 Å². The summed E-state index contributed by atoms with van der Waals surface area (Å²) in [5.74, 6) is -0.267. The molecule has 0 aliphatic heterocycles. The molecule has 2 nitrogen and oxygen atoms in total. The van der Waals surface area contributed by atoms with E-state index in [0.717, 1.165) is 11.1 Å². The highest BCUT2D eigenvalue weighted by molar-refractivity contribution is 5.50. The van der Waals surface area contributed by atoms with Crippen LogP contribution in [-0.2, 0) is 0 Å². The number of hydrogen-bond donors (Lipinski definition) is 2. The summed E-state index contributed by atoms with van der Waals surface area (Å²) < 4.78 is 12.8. The fourth-order valence-electron chi connectivity index (χ4n) is 1.64. The standard InChI is InChI=1S/C13H13FN2/c14-10-7-5-9(6-8-10)13(16)11-3-1-2-4-12(11)15/h1-8,13H,15-16H2. The number of benzene rings is 2. The van der Waals surface area contributed by atoms with Crippen LogP contribution in [0.1, 0.15) is 17.2 Å². The topological polar surface area (TPSA) is 52.0 Å². The minimum absolute atomic E-state index is 0.267. The predicted molar refractivity (Wildman–Crippen MR) is 63.3 cm³/mol. The first-order chi connectivity index (χ1) is 7.68. The Labute approximate surface area is 93.7 Å². The van der Waals surface area contributed by atoms with E-state index in [1.165, 1.54) is 12.1 Å². The lowest BCUT2D eigenvalue weighted by atomic mass is 9.98. The fraction of sp³-hybridized carbons (Fsp3) is 0.0769. The first kappa shape index (κ1) is 10.6. The summed E-state index contributed by atoms with van der Waals surface area (Å²) in [6, 6.07) is 13.2. The van der Waals surface area contributed by atoms with Crippen molar-refractivity contribution in [1.29, 1.82) is 0 Å². The van der Waals surface area contributed by atoms with Crippen molar-refractivity contribution in [2.45, 2.75) is 6.04 Å². The summed E-state index contributed by atoms with van der Waals surface area (Å²) in [5, 5.41) is 0. The SMILES string of the molecule is Nc1ccccc1C(N)c1ccc(F)cc1. The van der Waals surface area contributed by atoms with Crippen LogP contribution in [0.15, 0.2) is 48.5 Å². The second-order valence-corrected chi connectivity index (χ2v) is 3.66. The van der Waals surface area contributed by atoms with Crippen LogP contribution in [0.4, 0.5) is 10.1 Å². The zero-order valence-electron chi connectivity index (χ0n) is 8.73. The smallest absolute Gasteiger partial charge is 0.123 e. The van der Waals surface area contributed by atoms with E-state index in [0.29, 0.717) is 5.69 Å². The van der Waals surface area contributed by atoms with Crippen molar-refractivity contribution in [3.8, 4) is 0 Å². The molecule has 0 saturated carbocycles. The summed E-state index contributed by atoms with van der Waals surface area (Å²) in [6.07, 6.45) is 0. The van der Waals surface area contributed by atoms with Gasteiger partial charge in [-0.25, -0.2) is 4.39 Å². The van der Waals surface area contributed by atoms with E-state index in [9.17, 15) is 4.39 Å². The fourth-order valence-corrected chi connectivity index (χ4v) is 1.64. The molecule has 1 atom stereocenters. The average molecular weight is 216 g/mol. The van der Waals surface area contributed by atoms with Gasteiger partial charge in [0.05, 0.1) is 6.04 Å². The molecule has 16 heavy (non-hydrogen) atoms. The normalized spacial score (nSPS) is 12.4. The van der Waals surface area contributed by atoms with Crippen molar-refractivity contribution < 1.29 is 4.39 Å². The van der Waals surface area contributed by atoms with E-state index in [-0.39, 0.29) is 11.9 Å². The van der Waals surface area contributed by atoms with Crippen LogP contribution in [0, 0.1) is 5.82 Å². The third kappa shape index (κ3) is 2.04. The van der Waals surface area contributed by atoms with Gasteiger partial charge in [0.2, 0.25) is 0 Å². The van der Waals surface area contributed by atoms with Gasteiger partial charge in [-0.05, 0) is 29.3 Å². The lowest BCUT2D eigenvalue weighted by Crippen LogP contribution is -2.13. The highest BCUT2D eigenvalue weighted by Crippen LogP contribution is 2.24. The van der Waals surface area contributed by atoms with Crippen molar-refractivity contribution in [2.24, 2.45) is 5.73 Å². The van der Waals surface area contributed by atoms with Crippen molar-refractivity contribution in [1.82, 2.24) is 0 Å². The number of para-hydroxylation sites is 1. The van der Waals surface area contributed by atoms with E-state index in [2.05, 4.69) is 0 Å². The summed E-state index contributed by atoms with van der Waals surface area (Å²) in [4.78, 5) is 0. The number of anilines is 1. The van der Waals surface area contributed by atoms with Crippen LogP contribution in [0.5, 0.6) is 0 Å². The van der Waals surface area contributed by atoms with E-state index in [4.69, 9.17) is 11.5 Å². The molecule has 0 saturated heterocycles. The van der Waals surface area contributed by atoms with Crippen molar-refractivity contribution >= 4 is 5.69 Å². The van der Waals surface area contributed by atoms with Gasteiger partial charge in [0, 0.05) is 5.69 Å². The molecule has 2 rings (SSSR count). The minimum Gasteiger partial charge on any atom is -0.398 e. The van der Waals surface area contributed by atoms with Gasteiger partial charge in [-0.15, -0.1) is 0 Å². The molecule has 82 valence electrons. The monoisotopic (exact) mass is 216 g/mol. The summed E-state index contributed by atoms with van der Waals surface area (Å²) >= 11 is 0. The lowest BCUT2D eigenvalue weighted by molar-refractivity contribution is 0.626. The van der Waals surface area contributed by atoms with E-state index >= 15 is 0 Å². The molecule has 0 aliphatic carbocycles. The molecule has 0 aliphatic rings. The number of hydrogen-bond acceptors (Lipinski definition) is 2. The Morgan fingerprint density at radius 1 is 0.938 bits per heavy atom. The van der Waals surface area contributed by atoms with Gasteiger partial charge < -0.3 is 11.5 Å². The lowest BCUT2D eigenvalue weighted by Gasteiger charge is -2.14. The van der Waals surface area contributed by atoms with Crippen LogP contribution >= 0.6 is 0 Å². The molecule has 0 bridgehead atoms. The Kier molecular flexibility index (Phi) is 2.88. The zero-order valence-corrected chi connectivity index (χ0v) is 8.73. The first-order valence-electron chi connectivity index (χ1n) is 5.04. The molecule has 0 radical (unpaired) electrons. The Bertz CT molecular complexity index is 480. The number of nitrogens with two attached hydrogens (primary N) is 2. The molecule has 1 unspecified atom stereocenters. The van der Waals surface area contributed by atoms with Gasteiger partial charge in [-0.2, -0.15) is 0 Å². The highest BCUT2D eigenvalue weighted by Gasteiger charge is 2.10. The molecule has 0 heterocycles. The van der Waals surface area contributed by atoms with Crippen LogP contribution in [0.2, 0.25) is 0 Å². The van der Waals surface area contributed by atoms with Gasteiger partial charge in [-0.1, -0.05) is 30.3 Å². The average Bonchev–Trinajstić information content (AvgIpc) is 2.30. The van der Waals surface area contributed by atoms with Crippen LogP contribution in [0.3, 0.4) is 0 Å². The second-order valence-electron chi connectivity index (χ2n) is 3.66. The van der Waals surface area contributed by atoms with E-state index in [1.54, 1.807) is 18.2 Å². The number of rotatable bonds is 2. The molecule has 0 spiro atoms. The van der Waals surface area contributed by atoms with Crippen molar-refractivity contribution in [2.75, 3.05) is 5.73 Å². The molecular weight excluding hydrogens is 203 g/mol. The zero-order chi connectivity index (χ0) is 11.5. The summed E-state index contributed by atoms with van der Waals surface area (Å²) in [5.41, 5.74) is 14.3. The molecule has 0 amide bonds. The summed E-state index contributed by atoms with van der Waals surface area (Å²) in [7, 11) is 0. The molecule has 0 aromatic heterocycles. The van der Waals surface area contributed by atoms with Gasteiger partial charge in [0.15, 0.2) is 0 Å². The highest BCUT2D eigenvalue weighted by atomic mass is 19.1. The Morgan fingerprint density at radius 2 is 1.56 bits per heavy atom. The maximum Gasteiger partial charge on any atom is 0.123 e. The maximum atomic E-state index is 12.8. The van der Waals surface area contributed by atoms with E-state index < -0.39 is 0 Å². The van der Waals surface area contributed by atoms with Gasteiger partial charge >= 0.3 is 0 Å². The molecule has 2 aromatic rings. The predicted octanol–water partition coefficient (Wildman–Crippen LogP) is 2.46. The molecular formula is C13H13FN2. The number of halogens is 1. The second kappa shape index (κ2) is 4.33. The van der Waals surface area contributed by atoms with Gasteiger partial charge in [0.1, 0.15) is 5.82 Å². The maximum absolute atomic E-state index is 12.8. The van der Waals surface area contributed by atoms with Crippen molar-refractivity contribution in [3.63, 3.8) is 0 Å². The largest absolute Gasteiger partial charge is 0.398 e. The number of nitrogen functional groups attached to an aromatic ring is 1. The van der Waals surface area contributed by atoms with Gasteiger partial charge in [0.25, 0.3) is 0 Å². The molecule has 0 fully saturated rings. The molecule has 2 aromatic carbocycles. The molecule has 4 N–H and O–H groups in total. The third-order valence-corrected chi connectivity index (χ3v) is 2.56. The van der Waals surface area contributed by atoms with Gasteiger partial charge in [-0.3, -0.25) is 0 Å². The Morgan fingerprint density at radius 3 is 2.19 bits per heavy atom. The van der Waals surface area contributed by atoms with Crippen molar-refractivity contribution in [3.05, 3.63) is 65.5 Å². The first-order valence-corrected chi connectivity index (χ1v) is 5.04. The van der Waals surface area contributed by atoms with Crippen LogP contribution < -0.4 is 11.5 Å². The Hall–Kier alpha value is -1.87. The quantitative estimate of drug-likeness (QED) is 0.757.